The molecule has 0 saturated carbocycles. The fourth-order valence-electron chi connectivity index (χ4n) is 8.94. The summed E-state index contributed by atoms with van der Waals surface area (Å²) in [6.07, 6.45) is 2.35. The first-order valence-corrected chi connectivity index (χ1v) is 21.6. The molecular formula is C59H40OS. The fraction of sp³-hybridized carbons (Fsp3) is 0.0169. The van der Waals surface area contributed by atoms with E-state index in [4.69, 9.17) is 4.42 Å². The monoisotopic (exact) mass is 796 g/mol. The molecule has 2 heterocycles. The zero-order chi connectivity index (χ0) is 40.7. The van der Waals surface area contributed by atoms with Gasteiger partial charge in [0.2, 0.25) is 0 Å². The van der Waals surface area contributed by atoms with Crippen molar-refractivity contribution in [3.63, 3.8) is 0 Å². The molecule has 0 amide bonds. The smallest absolute Gasteiger partial charge is 0.143 e. The Balaban J connectivity index is 1.23. The van der Waals surface area contributed by atoms with Gasteiger partial charge in [-0.3, -0.25) is 0 Å². The van der Waals surface area contributed by atoms with Gasteiger partial charge in [0.15, 0.2) is 0 Å². The number of furan rings is 1. The van der Waals surface area contributed by atoms with E-state index in [9.17, 15) is 0 Å². The molecular weight excluding hydrogens is 757 g/mol. The van der Waals surface area contributed by atoms with Crippen molar-refractivity contribution in [3.8, 4) is 22.3 Å². The molecule has 0 aliphatic carbocycles. The van der Waals surface area contributed by atoms with Crippen LogP contribution in [0.1, 0.15) is 40.3 Å². The maximum Gasteiger partial charge on any atom is 0.143 e. The summed E-state index contributed by atoms with van der Waals surface area (Å²) in [5.74, 6) is 0. The lowest BCUT2D eigenvalue weighted by molar-refractivity contribution is 0.668. The Kier molecular flexibility index (Phi) is 9.34. The highest BCUT2D eigenvalue weighted by Crippen LogP contribution is 2.46. The van der Waals surface area contributed by atoms with Gasteiger partial charge in [0, 0.05) is 42.1 Å². The number of hydrogen-bond donors (Lipinski definition) is 0. The molecule has 288 valence electrons. The molecule has 0 fully saturated rings. The molecule has 0 aliphatic heterocycles. The number of hydrogen-bond acceptors (Lipinski definition) is 2. The first-order chi connectivity index (χ1) is 30.2. The molecule has 0 atom stereocenters. The first-order valence-electron chi connectivity index (χ1n) is 20.8. The minimum Gasteiger partial charge on any atom is -0.455 e. The standard InChI is InChI=1S/C59H40OS/c1-39(43-24-15-25-44(35-43)41-20-7-3-8-21-41)57(46-27-16-26-45(36-46)42-22-9-4-10-23-42)47-37-53-49-29-12-14-33-56(49)61-59(53)54(38-47)52(34-40-18-5-2-6-19-40)51-31-17-30-50-48-28-11-13-32-55(48)60-58(50)51/h2-38H,1H3/b52-34-,57-39-. The highest BCUT2D eigenvalue weighted by Gasteiger charge is 2.22. The summed E-state index contributed by atoms with van der Waals surface area (Å²) in [6.45, 7) is 2.29. The molecule has 0 spiro atoms. The summed E-state index contributed by atoms with van der Waals surface area (Å²) >= 11 is 1.87. The maximum atomic E-state index is 6.79. The van der Waals surface area contributed by atoms with Crippen LogP contribution in [0.2, 0.25) is 0 Å². The quantitative estimate of drug-likeness (QED) is 0.140. The third kappa shape index (κ3) is 6.78. The summed E-state index contributed by atoms with van der Waals surface area (Å²) < 4.78 is 9.31. The van der Waals surface area contributed by atoms with E-state index in [2.05, 4.69) is 225 Å². The second kappa shape index (κ2) is 15.6. The highest BCUT2D eigenvalue weighted by molar-refractivity contribution is 7.26. The van der Waals surface area contributed by atoms with Gasteiger partial charge < -0.3 is 4.42 Å². The van der Waals surface area contributed by atoms with E-state index in [0.717, 1.165) is 44.2 Å². The number of thiophene rings is 1. The van der Waals surface area contributed by atoms with Crippen LogP contribution in [0.4, 0.5) is 0 Å². The molecule has 2 aromatic heterocycles. The van der Waals surface area contributed by atoms with E-state index < -0.39 is 0 Å². The van der Waals surface area contributed by atoms with Gasteiger partial charge in [-0.05, 0) is 111 Å². The van der Waals surface area contributed by atoms with Crippen LogP contribution in [-0.2, 0) is 0 Å². The number of rotatable bonds is 8. The van der Waals surface area contributed by atoms with Gasteiger partial charge in [0.05, 0.1) is 0 Å². The lowest BCUT2D eigenvalue weighted by Gasteiger charge is -2.19. The van der Waals surface area contributed by atoms with Crippen LogP contribution in [0, 0.1) is 0 Å². The molecule has 0 radical (unpaired) electrons. The van der Waals surface area contributed by atoms with Crippen LogP contribution in [0.5, 0.6) is 0 Å². The Hall–Kier alpha value is -7.52. The molecule has 0 bridgehead atoms. The van der Waals surface area contributed by atoms with Crippen LogP contribution in [0.3, 0.4) is 0 Å². The number of benzene rings is 9. The number of fused-ring (bicyclic) bond motifs is 6. The second-order valence-corrected chi connectivity index (χ2v) is 16.7. The van der Waals surface area contributed by atoms with Crippen molar-refractivity contribution in [3.05, 3.63) is 252 Å². The summed E-state index contributed by atoms with van der Waals surface area (Å²) in [7, 11) is 0. The molecule has 0 aliphatic rings. The molecule has 0 saturated heterocycles. The van der Waals surface area contributed by atoms with Gasteiger partial charge in [-0.2, -0.15) is 0 Å². The average Bonchev–Trinajstić information content (AvgIpc) is 3.91. The maximum absolute atomic E-state index is 6.79. The van der Waals surface area contributed by atoms with Gasteiger partial charge in [-0.1, -0.05) is 182 Å². The molecule has 11 rings (SSSR count). The predicted octanol–water partition coefficient (Wildman–Crippen LogP) is 16.9. The molecule has 2 heteroatoms. The van der Waals surface area contributed by atoms with Gasteiger partial charge in [-0.25, -0.2) is 0 Å². The Morgan fingerprint density at radius 1 is 0.426 bits per heavy atom. The van der Waals surface area contributed by atoms with E-state index in [-0.39, 0.29) is 0 Å². The number of allylic oxidation sites excluding steroid dienone is 1. The summed E-state index contributed by atoms with van der Waals surface area (Å²) in [4.78, 5) is 0. The van der Waals surface area contributed by atoms with Crippen molar-refractivity contribution in [1.82, 2.24) is 0 Å². The van der Waals surface area contributed by atoms with E-state index in [0.29, 0.717) is 0 Å². The van der Waals surface area contributed by atoms with Gasteiger partial charge in [-0.15, -0.1) is 11.3 Å². The normalized spacial score (nSPS) is 12.4. The first kappa shape index (κ1) is 36.6. The highest BCUT2D eigenvalue weighted by atomic mass is 32.1. The molecule has 1 nitrogen and oxygen atoms in total. The second-order valence-electron chi connectivity index (χ2n) is 15.6. The lowest BCUT2D eigenvalue weighted by Crippen LogP contribution is -1.97. The largest absolute Gasteiger partial charge is 0.455 e. The SMILES string of the molecule is C/C(=C(\c1cccc(-c2ccccc2)c1)c1cc(/C(=C\c2ccccc2)c2cccc3c2oc2ccccc23)c2sc3ccccc3c2c1)c1cccc(-c2ccccc2)c1. The van der Waals surface area contributed by atoms with Crippen molar-refractivity contribution >= 4 is 76.2 Å². The van der Waals surface area contributed by atoms with Crippen LogP contribution < -0.4 is 0 Å². The topological polar surface area (TPSA) is 13.1 Å². The van der Waals surface area contributed by atoms with E-state index in [1.54, 1.807) is 0 Å². The van der Waals surface area contributed by atoms with Crippen molar-refractivity contribution in [2.24, 2.45) is 0 Å². The van der Waals surface area contributed by atoms with Crippen molar-refractivity contribution in [1.29, 1.82) is 0 Å². The minimum absolute atomic E-state index is 0.890. The average molecular weight is 797 g/mol. The van der Waals surface area contributed by atoms with Crippen molar-refractivity contribution in [2.75, 3.05) is 0 Å². The third-order valence-electron chi connectivity index (χ3n) is 11.9. The van der Waals surface area contributed by atoms with Crippen LogP contribution in [0.15, 0.2) is 223 Å². The molecule has 61 heavy (non-hydrogen) atoms. The van der Waals surface area contributed by atoms with E-state index >= 15 is 0 Å². The van der Waals surface area contributed by atoms with Gasteiger partial charge in [0.1, 0.15) is 11.2 Å². The van der Waals surface area contributed by atoms with E-state index in [1.165, 1.54) is 70.3 Å². The van der Waals surface area contributed by atoms with Crippen LogP contribution in [-0.4, -0.2) is 0 Å². The molecule has 0 unspecified atom stereocenters. The number of para-hydroxylation sites is 2. The lowest BCUT2D eigenvalue weighted by atomic mass is 9.85. The Morgan fingerprint density at radius 2 is 1.00 bits per heavy atom. The summed E-state index contributed by atoms with van der Waals surface area (Å²) in [5.41, 5.74) is 17.0. The Morgan fingerprint density at radius 3 is 1.74 bits per heavy atom. The molecule has 0 N–H and O–H groups in total. The predicted molar refractivity (Wildman–Crippen MR) is 262 cm³/mol. The van der Waals surface area contributed by atoms with Gasteiger partial charge in [0.25, 0.3) is 0 Å². The van der Waals surface area contributed by atoms with Crippen LogP contribution >= 0.6 is 11.3 Å². The summed E-state index contributed by atoms with van der Waals surface area (Å²) in [5, 5.41) is 4.73. The van der Waals surface area contributed by atoms with Crippen molar-refractivity contribution < 1.29 is 4.42 Å². The zero-order valence-electron chi connectivity index (χ0n) is 33.7. The summed E-state index contributed by atoms with van der Waals surface area (Å²) in [6, 6.07) is 78.8. The Labute approximate surface area is 359 Å². The van der Waals surface area contributed by atoms with Crippen LogP contribution in [0.25, 0.3) is 87.2 Å². The molecule has 9 aromatic carbocycles. The van der Waals surface area contributed by atoms with Gasteiger partial charge >= 0.3 is 0 Å². The molecule has 11 aromatic rings. The van der Waals surface area contributed by atoms with E-state index in [1.807, 2.05) is 17.4 Å². The Bertz CT molecular complexity index is 3460. The third-order valence-corrected chi connectivity index (χ3v) is 13.1. The van der Waals surface area contributed by atoms with Crippen molar-refractivity contribution in [2.45, 2.75) is 6.92 Å². The minimum atomic E-state index is 0.890. The zero-order valence-corrected chi connectivity index (χ0v) is 34.5. The fourth-order valence-corrected chi connectivity index (χ4v) is 10.2.